The Morgan fingerprint density at radius 2 is 1.79 bits per heavy atom. The molecular weight excluding hydrogens is 368 g/mol. The van der Waals surface area contributed by atoms with E-state index in [1.807, 2.05) is 0 Å². The monoisotopic (exact) mass is 376 g/mol. The quantitative estimate of drug-likeness (QED) is 0.601. The summed E-state index contributed by atoms with van der Waals surface area (Å²) >= 11 is 14.8. The van der Waals surface area contributed by atoms with Crippen LogP contribution in [-0.4, -0.2) is 17.1 Å². The summed E-state index contributed by atoms with van der Waals surface area (Å²) in [5.41, 5.74) is -2.43. The number of halogens is 6. The van der Waals surface area contributed by atoms with Gasteiger partial charge in [0.15, 0.2) is 5.60 Å². The summed E-state index contributed by atoms with van der Waals surface area (Å²) in [6, 6.07) is 3.89. The van der Waals surface area contributed by atoms with Crippen LogP contribution in [-0.2, 0) is 10.3 Å². The molecule has 1 aromatic carbocycles. The normalized spacial score (nSPS) is 31.7. The summed E-state index contributed by atoms with van der Waals surface area (Å²) in [7, 11) is 0. The number of hydrogen-bond donors (Lipinski definition) is 0. The van der Waals surface area contributed by atoms with E-state index in [2.05, 4.69) is 15.9 Å². The van der Waals surface area contributed by atoms with Crippen molar-refractivity contribution in [3.05, 3.63) is 33.8 Å². The van der Waals surface area contributed by atoms with Gasteiger partial charge in [-0.1, -0.05) is 39.1 Å². The van der Waals surface area contributed by atoms with Crippen molar-refractivity contribution in [3.8, 4) is 0 Å². The molecule has 0 saturated carbocycles. The molecule has 0 N–H and O–H groups in total. The first-order valence-corrected chi connectivity index (χ1v) is 7.18. The number of alkyl halides is 4. The number of benzene rings is 1. The standard InChI is InChI=1S/C12H10BrCl2F3O/c1-6-10(13)5-11(19-6,12(16,17)18)7-2-8(14)4-9(15)3-7/h2-4,6,10H,5H2,1H3. The molecule has 1 aromatic rings. The molecule has 2 rings (SSSR count). The van der Waals surface area contributed by atoms with E-state index in [0.717, 1.165) is 0 Å². The predicted octanol–water partition coefficient (Wildman–Crippen LogP) is 5.32. The first-order chi connectivity index (χ1) is 8.65. The van der Waals surface area contributed by atoms with Crippen LogP contribution in [0.1, 0.15) is 18.9 Å². The van der Waals surface area contributed by atoms with Gasteiger partial charge in [-0.25, -0.2) is 0 Å². The van der Waals surface area contributed by atoms with Crippen LogP contribution < -0.4 is 0 Å². The molecule has 7 heteroatoms. The Kier molecular flexibility index (Phi) is 4.14. The van der Waals surface area contributed by atoms with Crippen LogP contribution in [0.15, 0.2) is 18.2 Å². The van der Waals surface area contributed by atoms with Crippen molar-refractivity contribution in [1.29, 1.82) is 0 Å². The van der Waals surface area contributed by atoms with Gasteiger partial charge in [0, 0.05) is 21.3 Å². The van der Waals surface area contributed by atoms with Gasteiger partial charge in [-0.15, -0.1) is 0 Å². The molecule has 0 amide bonds. The van der Waals surface area contributed by atoms with Gasteiger partial charge in [0.05, 0.1) is 6.10 Å². The smallest absolute Gasteiger partial charge is 0.357 e. The van der Waals surface area contributed by atoms with E-state index in [1.54, 1.807) is 6.92 Å². The highest BCUT2D eigenvalue weighted by molar-refractivity contribution is 9.09. The van der Waals surface area contributed by atoms with E-state index >= 15 is 0 Å². The maximum Gasteiger partial charge on any atom is 0.421 e. The molecule has 1 heterocycles. The van der Waals surface area contributed by atoms with Crippen LogP contribution in [0.3, 0.4) is 0 Å². The molecule has 3 unspecified atom stereocenters. The van der Waals surface area contributed by atoms with Crippen LogP contribution in [0, 0.1) is 0 Å². The third-order valence-electron chi connectivity index (χ3n) is 3.17. The average Bonchev–Trinajstić information content (AvgIpc) is 2.54. The van der Waals surface area contributed by atoms with Crippen LogP contribution in [0.25, 0.3) is 0 Å². The Hall–Kier alpha value is 0.0300. The molecule has 1 nitrogen and oxygen atoms in total. The molecule has 0 spiro atoms. The van der Waals surface area contributed by atoms with Crippen molar-refractivity contribution in [2.45, 2.75) is 36.1 Å². The lowest BCUT2D eigenvalue weighted by atomic mass is 9.90. The van der Waals surface area contributed by atoms with Gasteiger partial charge in [0.2, 0.25) is 0 Å². The lowest BCUT2D eigenvalue weighted by molar-refractivity contribution is -0.277. The van der Waals surface area contributed by atoms with Crippen LogP contribution in [0.4, 0.5) is 13.2 Å². The van der Waals surface area contributed by atoms with E-state index in [9.17, 15) is 13.2 Å². The average molecular weight is 378 g/mol. The maximum atomic E-state index is 13.5. The third-order valence-corrected chi connectivity index (χ3v) is 4.67. The molecular formula is C12H10BrCl2F3O. The van der Waals surface area contributed by atoms with E-state index in [4.69, 9.17) is 27.9 Å². The SMILES string of the molecule is CC1OC(c2cc(Cl)cc(Cl)c2)(C(F)(F)F)CC1Br. The number of hydrogen-bond acceptors (Lipinski definition) is 1. The van der Waals surface area contributed by atoms with Gasteiger partial charge >= 0.3 is 6.18 Å². The summed E-state index contributed by atoms with van der Waals surface area (Å²) in [5.74, 6) is 0. The van der Waals surface area contributed by atoms with Crippen LogP contribution in [0.2, 0.25) is 10.0 Å². The van der Waals surface area contributed by atoms with Gasteiger partial charge in [-0.05, 0) is 30.7 Å². The van der Waals surface area contributed by atoms with E-state index < -0.39 is 17.9 Å². The minimum Gasteiger partial charge on any atom is -0.357 e. The van der Waals surface area contributed by atoms with Crippen molar-refractivity contribution >= 4 is 39.1 Å². The van der Waals surface area contributed by atoms with E-state index in [1.165, 1.54) is 18.2 Å². The molecule has 19 heavy (non-hydrogen) atoms. The minimum atomic E-state index is -4.54. The van der Waals surface area contributed by atoms with E-state index in [0.29, 0.717) is 0 Å². The van der Waals surface area contributed by atoms with Crippen LogP contribution in [0.5, 0.6) is 0 Å². The fourth-order valence-corrected chi connectivity index (χ4v) is 3.29. The molecule has 0 aromatic heterocycles. The minimum absolute atomic E-state index is 0.0636. The molecule has 3 atom stereocenters. The second kappa shape index (κ2) is 5.10. The molecule has 1 aliphatic heterocycles. The molecule has 1 fully saturated rings. The number of rotatable bonds is 1. The molecule has 0 bridgehead atoms. The second-order valence-electron chi connectivity index (χ2n) is 4.53. The third kappa shape index (κ3) is 2.75. The van der Waals surface area contributed by atoms with E-state index in [-0.39, 0.29) is 26.9 Å². The van der Waals surface area contributed by atoms with Gasteiger partial charge in [0.25, 0.3) is 0 Å². The van der Waals surface area contributed by atoms with Gasteiger partial charge < -0.3 is 4.74 Å². The fourth-order valence-electron chi connectivity index (χ4n) is 2.20. The summed E-state index contributed by atoms with van der Waals surface area (Å²) in [6.07, 6.45) is -5.31. The van der Waals surface area contributed by atoms with Gasteiger partial charge in [0.1, 0.15) is 0 Å². The predicted molar refractivity (Wildman–Crippen MR) is 72.1 cm³/mol. The Morgan fingerprint density at radius 3 is 2.16 bits per heavy atom. The van der Waals surface area contributed by atoms with Gasteiger partial charge in [-0.2, -0.15) is 13.2 Å². The van der Waals surface area contributed by atoms with Crippen molar-refractivity contribution in [1.82, 2.24) is 0 Å². The lowest BCUT2D eigenvalue weighted by Gasteiger charge is -2.32. The first-order valence-electron chi connectivity index (χ1n) is 5.51. The molecule has 0 radical (unpaired) electrons. The fraction of sp³-hybridized carbons (Fsp3) is 0.500. The highest BCUT2D eigenvalue weighted by Crippen LogP contribution is 2.52. The Labute approximate surface area is 127 Å². The maximum absolute atomic E-state index is 13.5. The second-order valence-corrected chi connectivity index (χ2v) is 6.58. The zero-order chi connectivity index (χ0) is 14.4. The Morgan fingerprint density at radius 1 is 1.26 bits per heavy atom. The Balaban J connectivity index is 2.57. The zero-order valence-electron chi connectivity index (χ0n) is 9.77. The molecule has 1 aliphatic rings. The topological polar surface area (TPSA) is 9.23 Å². The van der Waals surface area contributed by atoms with Crippen molar-refractivity contribution in [2.75, 3.05) is 0 Å². The summed E-state index contributed by atoms with van der Waals surface area (Å²) in [6.45, 7) is 1.60. The molecule has 106 valence electrons. The van der Waals surface area contributed by atoms with Gasteiger partial charge in [-0.3, -0.25) is 0 Å². The Bertz CT molecular complexity index is 462. The highest BCUT2D eigenvalue weighted by atomic mass is 79.9. The van der Waals surface area contributed by atoms with Crippen molar-refractivity contribution in [2.24, 2.45) is 0 Å². The summed E-state index contributed by atoms with van der Waals surface area (Å²) in [5, 5.41) is 0.306. The zero-order valence-corrected chi connectivity index (χ0v) is 12.9. The number of ether oxygens (including phenoxy) is 1. The molecule has 1 saturated heterocycles. The van der Waals surface area contributed by atoms with Crippen molar-refractivity contribution in [3.63, 3.8) is 0 Å². The first kappa shape index (κ1) is 15.4. The highest BCUT2D eigenvalue weighted by Gasteiger charge is 2.62. The largest absolute Gasteiger partial charge is 0.421 e. The van der Waals surface area contributed by atoms with Crippen LogP contribution >= 0.6 is 39.1 Å². The molecule has 0 aliphatic carbocycles. The summed E-state index contributed by atoms with van der Waals surface area (Å²) < 4.78 is 45.7. The van der Waals surface area contributed by atoms with Crippen molar-refractivity contribution < 1.29 is 17.9 Å². The summed E-state index contributed by atoms with van der Waals surface area (Å²) in [4.78, 5) is -0.383. The lowest BCUT2D eigenvalue weighted by Crippen LogP contribution is -2.42.